The maximum absolute atomic E-state index is 12.8. The predicted octanol–water partition coefficient (Wildman–Crippen LogP) is 3.79. The van der Waals surface area contributed by atoms with Crippen molar-refractivity contribution in [1.82, 2.24) is 20.0 Å². The number of hydrogen-bond donors (Lipinski definition) is 1. The molecular weight excluding hydrogens is 360 g/mol. The van der Waals surface area contributed by atoms with Gasteiger partial charge in [0.25, 0.3) is 5.91 Å². The first-order valence-electron chi connectivity index (χ1n) is 8.80. The number of carbonyl (C=O) groups excluding carboxylic acids is 1. The highest BCUT2D eigenvalue weighted by atomic mass is 35.5. The van der Waals surface area contributed by atoms with E-state index < -0.39 is 0 Å². The first-order chi connectivity index (χ1) is 13.0. The van der Waals surface area contributed by atoms with E-state index in [9.17, 15) is 4.79 Å². The van der Waals surface area contributed by atoms with Crippen LogP contribution in [-0.4, -0.2) is 47.8 Å². The van der Waals surface area contributed by atoms with E-state index in [2.05, 4.69) is 10.4 Å². The van der Waals surface area contributed by atoms with Crippen LogP contribution in [0.15, 0.2) is 54.6 Å². The molecule has 0 spiro atoms. The number of carbonyl (C=O) groups is 1. The van der Waals surface area contributed by atoms with E-state index in [1.807, 2.05) is 74.4 Å². The molecule has 0 atom stereocenters. The average molecular weight is 383 g/mol. The van der Waals surface area contributed by atoms with Crippen LogP contribution in [0.25, 0.3) is 16.9 Å². The van der Waals surface area contributed by atoms with E-state index >= 15 is 0 Å². The minimum Gasteiger partial charge on any atom is -0.349 e. The molecule has 27 heavy (non-hydrogen) atoms. The molecule has 0 radical (unpaired) electrons. The molecule has 1 N–H and O–H groups in total. The third kappa shape index (κ3) is 4.56. The molecule has 0 aliphatic heterocycles. The Morgan fingerprint density at radius 1 is 1.15 bits per heavy atom. The lowest BCUT2D eigenvalue weighted by molar-refractivity contribution is 0.0943. The molecule has 6 heteroatoms. The highest BCUT2D eigenvalue weighted by molar-refractivity contribution is 6.33. The monoisotopic (exact) mass is 382 g/mol. The second-order valence-electron chi connectivity index (χ2n) is 6.70. The summed E-state index contributed by atoms with van der Waals surface area (Å²) < 4.78 is 1.68. The Morgan fingerprint density at radius 2 is 1.93 bits per heavy atom. The largest absolute Gasteiger partial charge is 0.349 e. The third-order valence-electron chi connectivity index (χ3n) is 4.18. The molecule has 3 aromatic rings. The second-order valence-corrected chi connectivity index (χ2v) is 7.11. The van der Waals surface area contributed by atoms with Crippen LogP contribution in [0.3, 0.4) is 0 Å². The molecule has 0 saturated carbocycles. The van der Waals surface area contributed by atoms with Gasteiger partial charge in [-0.25, -0.2) is 4.68 Å². The fourth-order valence-electron chi connectivity index (χ4n) is 2.78. The summed E-state index contributed by atoms with van der Waals surface area (Å²) in [6, 6.07) is 17.2. The highest BCUT2D eigenvalue weighted by Gasteiger charge is 2.18. The molecule has 5 nitrogen and oxygen atoms in total. The first-order valence-corrected chi connectivity index (χ1v) is 9.18. The number of likely N-dealkylation sites (N-methyl/N-ethyl adjacent to an activating group) is 1. The number of benzene rings is 2. The normalized spacial score (nSPS) is 11.0. The van der Waals surface area contributed by atoms with Crippen molar-refractivity contribution < 1.29 is 4.79 Å². The van der Waals surface area contributed by atoms with Crippen LogP contribution in [0.1, 0.15) is 16.1 Å². The van der Waals surface area contributed by atoms with Crippen molar-refractivity contribution in [2.75, 3.05) is 27.2 Å². The van der Waals surface area contributed by atoms with Crippen LogP contribution in [-0.2, 0) is 0 Å². The summed E-state index contributed by atoms with van der Waals surface area (Å²) in [7, 11) is 3.94. The summed E-state index contributed by atoms with van der Waals surface area (Å²) in [6.45, 7) is 3.34. The first kappa shape index (κ1) is 19.1. The van der Waals surface area contributed by atoms with Gasteiger partial charge in [-0.05, 0) is 50.8 Å². The quantitative estimate of drug-likeness (QED) is 0.705. The van der Waals surface area contributed by atoms with Crippen molar-refractivity contribution in [3.8, 4) is 16.9 Å². The summed E-state index contributed by atoms with van der Waals surface area (Å²) in [5, 5.41) is 8.24. The van der Waals surface area contributed by atoms with Crippen molar-refractivity contribution in [1.29, 1.82) is 0 Å². The lowest BCUT2D eigenvalue weighted by Gasteiger charge is -2.11. The van der Waals surface area contributed by atoms with Crippen molar-refractivity contribution in [2.24, 2.45) is 0 Å². The summed E-state index contributed by atoms with van der Waals surface area (Å²) in [5.74, 6) is -0.163. The Morgan fingerprint density at radius 3 is 2.63 bits per heavy atom. The van der Waals surface area contributed by atoms with Crippen LogP contribution < -0.4 is 5.32 Å². The zero-order valence-electron chi connectivity index (χ0n) is 15.7. The summed E-state index contributed by atoms with van der Waals surface area (Å²) in [6.07, 6.45) is 0. The molecule has 3 rings (SSSR count). The van der Waals surface area contributed by atoms with Gasteiger partial charge in [-0.1, -0.05) is 41.9 Å². The Balaban J connectivity index is 2.02. The van der Waals surface area contributed by atoms with Crippen LogP contribution in [0.5, 0.6) is 0 Å². The van der Waals surface area contributed by atoms with E-state index in [1.165, 1.54) is 0 Å². The maximum Gasteiger partial charge on any atom is 0.270 e. The van der Waals surface area contributed by atoms with E-state index in [-0.39, 0.29) is 5.91 Å². The molecule has 0 bridgehead atoms. The molecular formula is C21H23ClN4O. The standard InChI is InChI=1S/C21H23ClN4O/c1-15-7-6-8-16(13-15)26-20(21(27)23-11-12-25(2)3)14-19(24-26)17-9-4-5-10-18(17)22/h4-10,13-14H,11-12H2,1-3H3,(H,23,27). The summed E-state index contributed by atoms with van der Waals surface area (Å²) in [5.41, 5.74) is 3.88. The van der Waals surface area contributed by atoms with Gasteiger partial charge >= 0.3 is 0 Å². The van der Waals surface area contributed by atoms with E-state index in [0.717, 1.165) is 23.4 Å². The van der Waals surface area contributed by atoms with Gasteiger partial charge in [0.05, 0.1) is 16.4 Å². The number of rotatable bonds is 6. The number of aryl methyl sites for hydroxylation is 1. The number of aromatic nitrogens is 2. The van der Waals surface area contributed by atoms with Gasteiger partial charge in [0.2, 0.25) is 0 Å². The number of nitrogens with one attached hydrogen (secondary N) is 1. The zero-order chi connectivity index (χ0) is 19.4. The van der Waals surface area contributed by atoms with Crippen LogP contribution in [0, 0.1) is 6.92 Å². The minimum absolute atomic E-state index is 0.163. The fraction of sp³-hybridized carbons (Fsp3) is 0.238. The summed E-state index contributed by atoms with van der Waals surface area (Å²) >= 11 is 6.33. The van der Waals surface area contributed by atoms with Crippen LogP contribution >= 0.6 is 11.6 Å². The Labute approximate surface area is 164 Å². The minimum atomic E-state index is -0.163. The van der Waals surface area contributed by atoms with Crippen molar-refractivity contribution in [3.63, 3.8) is 0 Å². The van der Waals surface area contributed by atoms with E-state index in [0.29, 0.717) is 23.0 Å². The van der Waals surface area contributed by atoms with E-state index in [4.69, 9.17) is 11.6 Å². The predicted molar refractivity (Wildman–Crippen MR) is 110 cm³/mol. The average Bonchev–Trinajstić information content (AvgIpc) is 3.07. The number of hydrogen-bond acceptors (Lipinski definition) is 3. The van der Waals surface area contributed by atoms with Gasteiger partial charge in [-0.2, -0.15) is 5.10 Å². The van der Waals surface area contributed by atoms with Gasteiger partial charge in [0.1, 0.15) is 5.69 Å². The zero-order valence-corrected chi connectivity index (χ0v) is 16.5. The van der Waals surface area contributed by atoms with Crippen molar-refractivity contribution in [3.05, 3.63) is 70.9 Å². The molecule has 0 fully saturated rings. The van der Waals surface area contributed by atoms with Gasteiger partial charge in [-0.3, -0.25) is 4.79 Å². The Hall–Kier alpha value is -2.63. The van der Waals surface area contributed by atoms with Crippen molar-refractivity contribution >= 4 is 17.5 Å². The molecule has 0 unspecified atom stereocenters. The van der Waals surface area contributed by atoms with Gasteiger partial charge in [0.15, 0.2) is 0 Å². The van der Waals surface area contributed by atoms with Gasteiger partial charge in [0, 0.05) is 18.7 Å². The highest BCUT2D eigenvalue weighted by Crippen LogP contribution is 2.28. The Bertz CT molecular complexity index is 949. The second kappa shape index (κ2) is 8.37. The molecule has 1 heterocycles. The number of halogens is 1. The lowest BCUT2D eigenvalue weighted by atomic mass is 10.1. The molecule has 0 aliphatic carbocycles. The third-order valence-corrected chi connectivity index (χ3v) is 4.51. The molecule has 1 aromatic heterocycles. The number of amides is 1. The lowest BCUT2D eigenvalue weighted by Crippen LogP contribution is -2.32. The Kier molecular flexibility index (Phi) is 5.94. The molecule has 140 valence electrons. The van der Waals surface area contributed by atoms with E-state index in [1.54, 1.807) is 10.7 Å². The fourth-order valence-corrected chi connectivity index (χ4v) is 3.02. The maximum atomic E-state index is 12.8. The topological polar surface area (TPSA) is 50.2 Å². The van der Waals surface area contributed by atoms with Gasteiger partial charge < -0.3 is 10.2 Å². The smallest absolute Gasteiger partial charge is 0.270 e. The molecule has 1 amide bonds. The SMILES string of the molecule is Cc1cccc(-n2nc(-c3ccccc3Cl)cc2C(=O)NCCN(C)C)c1. The van der Waals surface area contributed by atoms with Crippen LogP contribution in [0.2, 0.25) is 5.02 Å². The van der Waals surface area contributed by atoms with Crippen molar-refractivity contribution in [2.45, 2.75) is 6.92 Å². The van der Waals surface area contributed by atoms with Crippen LogP contribution in [0.4, 0.5) is 0 Å². The molecule has 0 saturated heterocycles. The van der Waals surface area contributed by atoms with Gasteiger partial charge in [-0.15, -0.1) is 0 Å². The number of nitrogens with zero attached hydrogens (tertiary/aromatic N) is 3. The molecule has 2 aromatic carbocycles. The molecule has 0 aliphatic rings. The summed E-state index contributed by atoms with van der Waals surface area (Å²) in [4.78, 5) is 14.8.